The molecule has 1 heteroatoms. The Kier molecular flexibility index (Phi) is 1.19. The van der Waals surface area contributed by atoms with Crippen LogP contribution in [0.4, 0.5) is 0 Å². The third-order valence-electron chi connectivity index (χ3n) is 1.90. The van der Waals surface area contributed by atoms with Crippen LogP contribution in [0.15, 0.2) is 30.9 Å². The van der Waals surface area contributed by atoms with E-state index in [2.05, 4.69) is 6.58 Å². The van der Waals surface area contributed by atoms with Crippen LogP contribution in [0.1, 0.15) is 21.5 Å². The van der Waals surface area contributed by atoms with Crippen molar-refractivity contribution in [3.63, 3.8) is 0 Å². The summed E-state index contributed by atoms with van der Waals surface area (Å²) in [6.07, 6.45) is 2.70. The maximum absolute atomic E-state index is 11.0. The Labute approximate surface area is 65.4 Å². The SMILES string of the molecule is C=CCc1cc2cc(c1)C2=O. The van der Waals surface area contributed by atoms with Crippen molar-refractivity contribution in [1.82, 2.24) is 0 Å². The van der Waals surface area contributed by atoms with E-state index in [1.807, 2.05) is 24.3 Å². The summed E-state index contributed by atoms with van der Waals surface area (Å²) in [6.45, 7) is 3.64. The molecule has 0 fully saturated rings. The zero-order chi connectivity index (χ0) is 7.84. The zero-order valence-electron chi connectivity index (χ0n) is 6.13. The summed E-state index contributed by atoms with van der Waals surface area (Å²) in [4.78, 5) is 11.0. The fourth-order valence-corrected chi connectivity index (χ4v) is 1.33. The summed E-state index contributed by atoms with van der Waals surface area (Å²) in [5, 5.41) is 0. The first-order chi connectivity index (χ1) is 5.31. The second kappa shape index (κ2) is 2.06. The molecule has 0 aliphatic heterocycles. The van der Waals surface area contributed by atoms with Gasteiger partial charge < -0.3 is 0 Å². The van der Waals surface area contributed by atoms with E-state index >= 15 is 0 Å². The van der Waals surface area contributed by atoms with Crippen LogP contribution in [-0.4, -0.2) is 5.78 Å². The molecule has 0 N–H and O–H groups in total. The Bertz CT molecular complexity index is 312. The first-order valence-corrected chi connectivity index (χ1v) is 3.61. The first kappa shape index (κ1) is 6.35. The summed E-state index contributed by atoms with van der Waals surface area (Å²) >= 11 is 0. The molecule has 0 radical (unpaired) electrons. The van der Waals surface area contributed by atoms with Gasteiger partial charge in [-0.3, -0.25) is 4.79 Å². The van der Waals surface area contributed by atoms with Crippen molar-refractivity contribution in [2.24, 2.45) is 0 Å². The number of carbonyl (C=O) groups excluding carboxylic acids is 1. The highest BCUT2D eigenvalue weighted by Crippen LogP contribution is 2.23. The van der Waals surface area contributed by atoms with Gasteiger partial charge in [0.2, 0.25) is 0 Å². The van der Waals surface area contributed by atoms with Gasteiger partial charge in [-0.15, -0.1) is 6.58 Å². The lowest BCUT2D eigenvalue weighted by Gasteiger charge is -2.14. The van der Waals surface area contributed by atoms with Gasteiger partial charge in [-0.25, -0.2) is 0 Å². The van der Waals surface area contributed by atoms with E-state index in [0.717, 1.165) is 17.5 Å². The number of hydrogen-bond acceptors (Lipinski definition) is 1. The molecule has 0 spiro atoms. The number of carbonyl (C=O) groups is 1. The average Bonchev–Trinajstić information content (AvgIpc) is 2.05. The summed E-state index contributed by atoms with van der Waals surface area (Å²) in [5.74, 6) is 0.192. The quantitative estimate of drug-likeness (QED) is 0.589. The van der Waals surface area contributed by atoms with Gasteiger partial charge in [-0.05, 0) is 30.2 Å². The molecule has 0 heterocycles. The Balaban J connectivity index is 2.39. The van der Waals surface area contributed by atoms with Crippen LogP contribution < -0.4 is 0 Å². The molecule has 0 amide bonds. The molecule has 1 nitrogen and oxygen atoms in total. The van der Waals surface area contributed by atoms with Gasteiger partial charge in [0.15, 0.2) is 5.78 Å². The van der Waals surface area contributed by atoms with Crippen LogP contribution in [0.5, 0.6) is 0 Å². The predicted molar refractivity (Wildman–Crippen MR) is 43.8 cm³/mol. The van der Waals surface area contributed by atoms with Crippen LogP contribution in [0.2, 0.25) is 0 Å². The van der Waals surface area contributed by atoms with Crippen molar-refractivity contribution < 1.29 is 4.79 Å². The topological polar surface area (TPSA) is 17.1 Å². The fourth-order valence-electron chi connectivity index (χ4n) is 1.33. The highest BCUT2D eigenvalue weighted by Gasteiger charge is 2.20. The van der Waals surface area contributed by atoms with Crippen LogP contribution in [0.25, 0.3) is 0 Å². The summed E-state index contributed by atoms with van der Waals surface area (Å²) in [7, 11) is 0. The van der Waals surface area contributed by atoms with Crippen molar-refractivity contribution in [3.8, 4) is 0 Å². The third kappa shape index (κ3) is 0.811. The molecule has 2 aliphatic rings. The standard InChI is InChI=1S/C10H8O/c1-2-3-7-4-8-6-9(5-7)10(8)11/h2,4-6H,1,3H2. The number of ketones is 1. The van der Waals surface area contributed by atoms with E-state index in [9.17, 15) is 4.79 Å². The molecule has 54 valence electrons. The number of rotatable bonds is 2. The van der Waals surface area contributed by atoms with Crippen molar-refractivity contribution in [3.05, 3.63) is 47.5 Å². The lowest BCUT2D eigenvalue weighted by atomic mass is 9.88. The van der Waals surface area contributed by atoms with Crippen LogP contribution in [0, 0.1) is 0 Å². The molecule has 2 bridgehead atoms. The molecule has 0 saturated heterocycles. The van der Waals surface area contributed by atoms with Gasteiger partial charge >= 0.3 is 0 Å². The average molecular weight is 144 g/mol. The fraction of sp³-hybridized carbons (Fsp3) is 0.100. The van der Waals surface area contributed by atoms with E-state index in [0.29, 0.717) is 0 Å². The van der Waals surface area contributed by atoms with Gasteiger partial charge in [0.05, 0.1) is 0 Å². The second-order valence-electron chi connectivity index (χ2n) is 2.74. The minimum atomic E-state index is 0.192. The third-order valence-corrected chi connectivity index (χ3v) is 1.90. The minimum Gasteiger partial charge on any atom is -0.289 e. The predicted octanol–water partition coefficient (Wildman–Crippen LogP) is 1.96. The Hall–Kier alpha value is -1.37. The molecule has 11 heavy (non-hydrogen) atoms. The molecule has 0 unspecified atom stereocenters. The number of hydrogen-bond donors (Lipinski definition) is 0. The zero-order valence-corrected chi connectivity index (χ0v) is 6.13. The Morgan fingerprint density at radius 1 is 1.27 bits per heavy atom. The monoisotopic (exact) mass is 144 g/mol. The van der Waals surface area contributed by atoms with Crippen molar-refractivity contribution in [2.45, 2.75) is 6.42 Å². The minimum absolute atomic E-state index is 0.192. The van der Waals surface area contributed by atoms with Gasteiger partial charge in [-0.2, -0.15) is 0 Å². The highest BCUT2D eigenvalue weighted by atomic mass is 16.1. The molecule has 1 aromatic carbocycles. The van der Waals surface area contributed by atoms with E-state index in [1.54, 1.807) is 0 Å². The molecule has 0 atom stereocenters. The molecule has 0 aromatic heterocycles. The van der Waals surface area contributed by atoms with Crippen molar-refractivity contribution in [2.75, 3.05) is 0 Å². The summed E-state index contributed by atoms with van der Waals surface area (Å²) in [6, 6.07) is 5.77. The highest BCUT2D eigenvalue weighted by molar-refractivity contribution is 6.16. The Morgan fingerprint density at radius 2 is 1.91 bits per heavy atom. The van der Waals surface area contributed by atoms with Crippen LogP contribution in [-0.2, 0) is 6.42 Å². The second-order valence-corrected chi connectivity index (χ2v) is 2.74. The molecule has 1 aromatic rings. The van der Waals surface area contributed by atoms with Gasteiger partial charge in [0.1, 0.15) is 0 Å². The van der Waals surface area contributed by atoms with E-state index in [-0.39, 0.29) is 5.78 Å². The van der Waals surface area contributed by atoms with Crippen LogP contribution >= 0.6 is 0 Å². The number of fused-ring (bicyclic) bond motifs is 2. The summed E-state index contributed by atoms with van der Waals surface area (Å²) in [5.41, 5.74) is 2.88. The lowest BCUT2D eigenvalue weighted by molar-refractivity contribution is 0.102. The largest absolute Gasteiger partial charge is 0.289 e. The lowest BCUT2D eigenvalue weighted by Crippen LogP contribution is -2.13. The smallest absolute Gasteiger partial charge is 0.193 e. The van der Waals surface area contributed by atoms with E-state index in [4.69, 9.17) is 0 Å². The Morgan fingerprint density at radius 3 is 2.36 bits per heavy atom. The van der Waals surface area contributed by atoms with E-state index < -0.39 is 0 Å². The molecular weight excluding hydrogens is 136 g/mol. The maximum Gasteiger partial charge on any atom is 0.193 e. The van der Waals surface area contributed by atoms with Gasteiger partial charge in [-0.1, -0.05) is 6.08 Å². The van der Waals surface area contributed by atoms with Gasteiger partial charge in [0, 0.05) is 11.1 Å². The maximum atomic E-state index is 11.0. The normalized spacial score (nSPS) is 12.5. The van der Waals surface area contributed by atoms with E-state index in [1.165, 1.54) is 5.56 Å². The molecule has 2 aliphatic carbocycles. The van der Waals surface area contributed by atoms with Crippen molar-refractivity contribution in [1.29, 1.82) is 0 Å². The number of allylic oxidation sites excluding steroid dienone is 1. The summed E-state index contributed by atoms with van der Waals surface area (Å²) < 4.78 is 0. The molecule has 0 saturated carbocycles. The van der Waals surface area contributed by atoms with Gasteiger partial charge in [0.25, 0.3) is 0 Å². The van der Waals surface area contributed by atoms with Crippen molar-refractivity contribution >= 4 is 5.78 Å². The molecule has 3 rings (SSSR count). The number of benzene rings is 1. The molecular formula is C10H8O. The first-order valence-electron chi connectivity index (χ1n) is 3.61. The van der Waals surface area contributed by atoms with Crippen LogP contribution in [0.3, 0.4) is 0 Å².